The van der Waals surface area contributed by atoms with Gasteiger partial charge in [0.25, 0.3) is 0 Å². The number of rotatable bonds is 3. The third kappa shape index (κ3) is 2.58. The maximum Gasteiger partial charge on any atom is 0.333 e. The zero-order valence-corrected chi connectivity index (χ0v) is 12.1. The highest BCUT2D eigenvalue weighted by molar-refractivity contribution is 9.10. The van der Waals surface area contributed by atoms with Gasteiger partial charge in [-0.3, -0.25) is 14.5 Å². The van der Waals surface area contributed by atoms with Crippen LogP contribution in [-0.4, -0.2) is 29.8 Å². The average Bonchev–Trinajstić information content (AvgIpc) is 2.74. The van der Waals surface area contributed by atoms with Gasteiger partial charge in [-0.1, -0.05) is 6.07 Å². The number of hydrogen-bond acceptors (Lipinski definition) is 4. The first-order valence-electron chi connectivity index (χ1n) is 5.83. The Bertz CT molecular complexity index is 574. The summed E-state index contributed by atoms with van der Waals surface area (Å²) in [6.07, 6.45) is 0.0939. The van der Waals surface area contributed by atoms with Gasteiger partial charge in [-0.2, -0.15) is 0 Å². The van der Waals surface area contributed by atoms with Crippen molar-refractivity contribution in [1.29, 1.82) is 0 Å². The van der Waals surface area contributed by atoms with E-state index in [0.717, 1.165) is 18.1 Å². The zero-order chi connectivity index (χ0) is 14.9. The fourth-order valence-corrected chi connectivity index (χ4v) is 2.31. The predicted molar refractivity (Wildman–Crippen MR) is 69.9 cm³/mol. The molecule has 2 amide bonds. The quantitative estimate of drug-likeness (QED) is 0.621. The first kappa shape index (κ1) is 14.6. The largest absolute Gasteiger partial charge is 0.467 e. The van der Waals surface area contributed by atoms with Crippen LogP contribution < -0.4 is 0 Å². The number of carbonyl (C=O) groups excluding carboxylic acids is 3. The minimum Gasteiger partial charge on any atom is -0.467 e. The maximum atomic E-state index is 13.6. The third-order valence-corrected chi connectivity index (χ3v) is 3.68. The van der Waals surface area contributed by atoms with E-state index in [-0.39, 0.29) is 22.9 Å². The van der Waals surface area contributed by atoms with Crippen molar-refractivity contribution in [3.63, 3.8) is 0 Å². The van der Waals surface area contributed by atoms with Crippen molar-refractivity contribution in [2.24, 2.45) is 0 Å². The van der Waals surface area contributed by atoms with Crippen LogP contribution in [0.3, 0.4) is 0 Å². The Morgan fingerprint density at radius 3 is 2.45 bits per heavy atom. The van der Waals surface area contributed by atoms with E-state index in [1.165, 1.54) is 12.1 Å². The van der Waals surface area contributed by atoms with E-state index < -0.39 is 29.6 Å². The number of likely N-dealkylation sites (tertiary alicyclic amines) is 1. The molecule has 1 aromatic carbocycles. The second-order valence-electron chi connectivity index (χ2n) is 4.26. The van der Waals surface area contributed by atoms with Crippen LogP contribution in [0.25, 0.3) is 0 Å². The molecule has 0 spiro atoms. The second kappa shape index (κ2) is 5.70. The summed E-state index contributed by atoms with van der Waals surface area (Å²) in [6, 6.07) is 2.73. The Labute approximate surface area is 122 Å². The van der Waals surface area contributed by atoms with E-state index >= 15 is 0 Å². The number of nitrogens with zero attached hydrogens (tertiary/aromatic N) is 1. The minimum atomic E-state index is -1.25. The summed E-state index contributed by atoms with van der Waals surface area (Å²) in [5.41, 5.74) is 0.196. The molecule has 0 bridgehead atoms. The first-order valence-corrected chi connectivity index (χ1v) is 6.62. The third-order valence-electron chi connectivity index (χ3n) is 3.03. The number of hydrogen-bond donors (Lipinski definition) is 0. The lowest BCUT2D eigenvalue weighted by molar-refractivity contribution is -0.156. The molecular formula is C13H11BrFNO4. The molecule has 0 radical (unpaired) electrons. The van der Waals surface area contributed by atoms with Crippen molar-refractivity contribution in [3.8, 4) is 0 Å². The molecule has 2 rings (SSSR count). The predicted octanol–water partition coefficient (Wildman–Crippen LogP) is 1.95. The van der Waals surface area contributed by atoms with Crippen LogP contribution in [0.1, 0.15) is 24.4 Å². The summed E-state index contributed by atoms with van der Waals surface area (Å²) < 4.78 is 18.5. The number of ether oxygens (including phenoxy) is 1. The lowest BCUT2D eigenvalue weighted by atomic mass is 10.1. The van der Waals surface area contributed by atoms with Crippen LogP contribution in [-0.2, 0) is 19.1 Å². The molecule has 1 atom stereocenters. The van der Waals surface area contributed by atoms with E-state index in [1.54, 1.807) is 0 Å². The number of esters is 1. The van der Waals surface area contributed by atoms with Crippen LogP contribution in [0.5, 0.6) is 0 Å². The van der Waals surface area contributed by atoms with Gasteiger partial charge in [0.05, 0.1) is 11.6 Å². The molecular weight excluding hydrogens is 333 g/mol. The number of halogens is 2. The SMILES string of the molecule is COC(=O)C(c1ccc(Br)c(F)c1)N1C(=O)CCC1=O. The molecule has 1 heterocycles. The van der Waals surface area contributed by atoms with Gasteiger partial charge in [0.1, 0.15) is 5.82 Å². The lowest BCUT2D eigenvalue weighted by Gasteiger charge is -2.24. The van der Waals surface area contributed by atoms with Crippen molar-refractivity contribution < 1.29 is 23.5 Å². The molecule has 0 saturated carbocycles. The molecule has 1 fully saturated rings. The summed E-state index contributed by atoms with van der Waals surface area (Å²) >= 11 is 3.00. The standard InChI is InChI=1S/C13H11BrFNO4/c1-20-13(19)12(16-10(17)4-5-11(16)18)7-2-3-8(14)9(15)6-7/h2-3,6,12H,4-5H2,1H3. The van der Waals surface area contributed by atoms with Gasteiger partial charge in [0.15, 0.2) is 6.04 Å². The summed E-state index contributed by atoms with van der Waals surface area (Å²) in [4.78, 5) is 36.3. The smallest absolute Gasteiger partial charge is 0.333 e. The van der Waals surface area contributed by atoms with Gasteiger partial charge >= 0.3 is 5.97 Å². The van der Waals surface area contributed by atoms with Crippen LogP contribution in [0, 0.1) is 5.82 Å². The van der Waals surface area contributed by atoms with Gasteiger partial charge in [-0.05, 0) is 33.6 Å². The van der Waals surface area contributed by atoms with E-state index in [0.29, 0.717) is 0 Å². The van der Waals surface area contributed by atoms with Crippen molar-refractivity contribution in [3.05, 3.63) is 34.1 Å². The summed E-state index contributed by atoms with van der Waals surface area (Å²) in [6.45, 7) is 0. The zero-order valence-electron chi connectivity index (χ0n) is 10.6. The van der Waals surface area contributed by atoms with E-state index in [2.05, 4.69) is 20.7 Å². The number of carbonyl (C=O) groups is 3. The lowest BCUT2D eigenvalue weighted by Crippen LogP contribution is -2.38. The molecule has 1 aliphatic rings. The summed E-state index contributed by atoms with van der Waals surface area (Å²) in [5.74, 6) is -2.30. The Hall–Kier alpha value is -1.76. The molecule has 5 nitrogen and oxygen atoms in total. The molecule has 20 heavy (non-hydrogen) atoms. The van der Waals surface area contributed by atoms with E-state index in [1.807, 2.05) is 0 Å². The Kier molecular flexibility index (Phi) is 4.17. The van der Waals surface area contributed by atoms with E-state index in [9.17, 15) is 18.8 Å². The van der Waals surface area contributed by atoms with Crippen LogP contribution in [0.2, 0.25) is 0 Å². The van der Waals surface area contributed by atoms with Crippen LogP contribution >= 0.6 is 15.9 Å². The fourth-order valence-electron chi connectivity index (χ4n) is 2.07. The van der Waals surface area contributed by atoms with Gasteiger partial charge in [-0.25, -0.2) is 9.18 Å². The van der Waals surface area contributed by atoms with E-state index in [4.69, 9.17) is 0 Å². The molecule has 7 heteroatoms. The van der Waals surface area contributed by atoms with Crippen molar-refractivity contribution in [2.45, 2.75) is 18.9 Å². The first-order chi connectivity index (χ1) is 9.45. The molecule has 106 valence electrons. The molecule has 1 aliphatic heterocycles. The molecule has 1 unspecified atom stereocenters. The molecule has 1 saturated heterocycles. The molecule has 0 aliphatic carbocycles. The van der Waals surface area contributed by atoms with Gasteiger partial charge < -0.3 is 4.74 Å². The highest BCUT2D eigenvalue weighted by Crippen LogP contribution is 2.30. The van der Waals surface area contributed by atoms with Gasteiger partial charge in [0, 0.05) is 12.8 Å². The van der Waals surface area contributed by atoms with Gasteiger partial charge in [0.2, 0.25) is 11.8 Å². The molecule has 0 N–H and O–H groups in total. The highest BCUT2D eigenvalue weighted by Gasteiger charge is 2.40. The van der Waals surface area contributed by atoms with Crippen molar-refractivity contribution in [2.75, 3.05) is 7.11 Å². The van der Waals surface area contributed by atoms with Crippen molar-refractivity contribution in [1.82, 2.24) is 4.90 Å². The normalized spacial score (nSPS) is 16.4. The Balaban J connectivity index is 2.47. The number of benzene rings is 1. The molecule has 0 aromatic heterocycles. The van der Waals surface area contributed by atoms with Crippen molar-refractivity contribution >= 4 is 33.7 Å². The Morgan fingerprint density at radius 2 is 1.95 bits per heavy atom. The Morgan fingerprint density at radius 1 is 1.35 bits per heavy atom. The maximum absolute atomic E-state index is 13.6. The number of amides is 2. The van der Waals surface area contributed by atoms with Gasteiger partial charge in [-0.15, -0.1) is 0 Å². The second-order valence-corrected chi connectivity index (χ2v) is 5.11. The minimum absolute atomic E-state index is 0.0470. The highest BCUT2D eigenvalue weighted by atomic mass is 79.9. The van der Waals surface area contributed by atoms with Crippen LogP contribution in [0.4, 0.5) is 4.39 Å². The monoisotopic (exact) mass is 343 g/mol. The summed E-state index contributed by atoms with van der Waals surface area (Å²) in [7, 11) is 1.15. The number of methoxy groups -OCH3 is 1. The van der Waals surface area contributed by atoms with Crippen LogP contribution in [0.15, 0.2) is 22.7 Å². The number of imide groups is 1. The topological polar surface area (TPSA) is 63.7 Å². The summed E-state index contributed by atoms with van der Waals surface area (Å²) in [5, 5.41) is 0. The average molecular weight is 344 g/mol. The molecule has 1 aromatic rings. The fraction of sp³-hybridized carbons (Fsp3) is 0.308.